The van der Waals surface area contributed by atoms with Gasteiger partial charge in [-0.3, -0.25) is 4.79 Å². The van der Waals surface area contributed by atoms with Crippen LogP contribution in [-0.2, 0) is 13.2 Å². The third kappa shape index (κ3) is 4.38. The molecule has 25 heavy (non-hydrogen) atoms. The molecule has 1 amide bonds. The van der Waals surface area contributed by atoms with Crippen LogP contribution in [0.3, 0.4) is 0 Å². The number of furan rings is 1. The van der Waals surface area contributed by atoms with Crippen molar-refractivity contribution >= 4 is 5.91 Å². The van der Waals surface area contributed by atoms with Crippen LogP contribution in [0.2, 0.25) is 0 Å². The second kappa shape index (κ2) is 8.01. The van der Waals surface area contributed by atoms with Gasteiger partial charge in [-0.1, -0.05) is 24.3 Å². The maximum absolute atomic E-state index is 12.3. The zero-order valence-corrected chi connectivity index (χ0v) is 13.8. The lowest BCUT2D eigenvalue weighted by molar-refractivity contribution is 0.0919. The highest BCUT2D eigenvalue weighted by Gasteiger charge is 2.15. The Kier molecular flexibility index (Phi) is 5.31. The first-order valence-corrected chi connectivity index (χ1v) is 7.77. The molecule has 0 radical (unpaired) electrons. The minimum absolute atomic E-state index is 0.248. The summed E-state index contributed by atoms with van der Waals surface area (Å²) in [7, 11) is 1.56. The van der Waals surface area contributed by atoms with Crippen LogP contribution in [0.15, 0.2) is 65.4 Å². The van der Waals surface area contributed by atoms with E-state index in [1.54, 1.807) is 25.4 Å². The number of ether oxygens (including phenoxy) is 2. The summed E-state index contributed by atoms with van der Waals surface area (Å²) in [6, 6.07) is 14.7. The van der Waals surface area contributed by atoms with Gasteiger partial charge < -0.3 is 19.2 Å². The molecule has 128 valence electrons. The number of carbonyl (C=O) groups excluding carboxylic acids is 1. The molecule has 2 aromatic heterocycles. The molecular weight excluding hydrogens is 320 g/mol. The van der Waals surface area contributed by atoms with E-state index in [1.165, 1.54) is 6.26 Å². The minimum Gasteiger partial charge on any atom is -0.489 e. The molecule has 0 aliphatic heterocycles. The molecule has 0 aliphatic rings. The number of hydrogen-bond acceptors (Lipinski definition) is 5. The molecule has 6 heteroatoms. The summed E-state index contributed by atoms with van der Waals surface area (Å²) in [5, 5.41) is 2.81. The van der Waals surface area contributed by atoms with Gasteiger partial charge in [0.25, 0.3) is 5.91 Å². The summed E-state index contributed by atoms with van der Waals surface area (Å²) < 4.78 is 16.0. The first-order valence-electron chi connectivity index (χ1n) is 7.77. The Morgan fingerprint density at radius 2 is 2.00 bits per heavy atom. The van der Waals surface area contributed by atoms with Gasteiger partial charge in [0.1, 0.15) is 12.4 Å². The fourth-order valence-corrected chi connectivity index (χ4v) is 2.23. The Labute approximate surface area is 145 Å². The minimum atomic E-state index is -0.299. The van der Waals surface area contributed by atoms with Gasteiger partial charge in [0.05, 0.1) is 13.4 Å². The van der Waals surface area contributed by atoms with Crippen molar-refractivity contribution in [2.24, 2.45) is 0 Å². The number of nitrogens with one attached hydrogen (secondary N) is 1. The quantitative estimate of drug-likeness (QED) is 0.716. The van der Waals surface area contributed by atoms with Crippen LogP contribution in [-0.4, -0.2) is 18.0 Å². The molecule has 3 aromatic rings. The van der Waals surface area contributed by atoms with Crippen molar-refractivity contribution in [1.29, 1.82) is 0 Å². The molecule has 6 nitrogen and oxygen atoms in total. The standard InChI is InChI=1S/C19H18N2O4/c1-23-17-8-7-14(11-20-17)12-21-19(22)18-15(9-10-24-18)13-25-16-5-3-2-4-6-16/h2-11H,12-13H2,1H3,(H,21,22). The predicted octanol–water partition coefficient (Wildman–Crippen LogP) is 3.19. The molecule has 0 atom stereocenters. The van der Waals surface area contributed by atoms with Gasteiger partial charge in [0.2, 0.25) is 5.88 Å². The molecule has 3 rings (SSSR count). The van der Waals surface area contributed by atoms with Gasteiger partial charge >= 0.3 is 0 Å². The lowest BCUT2D eigenvalue weighted by Crippen LogP contribution is -2.23. The van der Waals surface area contributed by atoms with E-state index in [-0.39, 0.29) is 18.3 Å². The molecule has 2 heterocycles. The van der Waals surface area contributed by atoms with Crippen LogP contribution in [0.25, 0.3) is 0 Å². The van der Waals surface area contributed by atoms with Crippen molar-refractivity contribution in [2.75, 3.05) is 7.11 Å². The molecule has 0 fully saturated rings. The van der Waals surface area contributed by atoms with Crippen molar-refractivity contribution in [1.82, 2.24) is 10.3 Å². The van der Waals surface area contributed by atoms with E-state index in [0.29, 0.717) is 18.0 Å². The van der Waals surface area contributed by atoms with E-state index < -0.39 is 0 Å². The highest BCUT2D eigenvalue weighted by atomic mass is 16.5. The summed E-state index contributed by atoms with van der Waals surface area (Å²) in [5.41, 5.74) is 1.55. The Morgan fingerprint density at radius 1 is 1.16 bits per heavy atom. The maximum Gasteiger partial charge on any atom is 0.287 e. The summed E-state index contributed by atoms with van der Waals surface area (Å²) in [6.07, 6.45) is 3.13. The van der Waals surface area contributed by atoms with E-state index >= 15 is 0 Å². The van der Waals surface area contributed by atoms with E-state index in [2.05, 4.69) is 10.3 Å². The number of benzene rings is 1. The summed E-state index contributed by atoms with van der Waals surface area (Å²) in [4.78, 5) is 16.4. The number of hydrogen-bond donors (Lipinski definition) is 1. The molecule has 0 unspecified atom stereocenters. The molecule has 0 bridgehead atoms. The Morgan fingerprint density at radius 3 is 2.72 bits per heavy atom. The van der Waals surface area contributed by atoms with Crippen LogP contribution < -0.4 is 14.8 Å². The zero-order chi connectivity index (χ0) is 17.5. The highest BCUT2D eigenvalue weighted by Crippen LogP contribution is 2.16. The number of rotatable bonds is 7. The van der Waals surface area contributed by atoms with Gasteiger partial charge in [-0.25, -0.2) is 4.98 Å². The largest absolute Gasteiger partial charge is 0.489 e. The normalized spacial score (nSPS) is 10.3. The highest BCUT2D eigenvalue weighted by molar-refractivity contribution is 5.92. The van der Waals surface area contributed by atoms with Crippen molar-refractivity contribution in [3.05, 3.63) is 77.9 Å². The molecule has 1 aromatic carbocycles. The van der Waals surface area contributed by atoms with Gasteiger partial charge in [0.15, 0.2) is 5.76 Å². The number of para-hydroxylation sites is 1. The molecule has 0 saturated carbocycles. The van der Waals surface area contributed by atoms with Crippen LogP contribution >= 0.6 is 0 Å². The first kappa shape index (κ1) is 16.6. The summed E-state index contributed by atoms with van der Waals surface area (Å²) >= 11 is 0. The topological polar surface area (TPSA) is 73.6 Å². The first-order chi connectivity index (χ1) is 12.3. The molecule has 0 saturated heterocycles. The molecule has 0 spiro atoms. The fraction of sp³-hybridized carbons (Fsp3) is 0.158. The van der Waals surface area contributed by atoms with E-state index in [1.807, 2.05) is 36.4 Å². The maximum atomic E-state index is 12.3. The number of methoxy groups -OCH3 is 1. The Hall–Kier alpha value is -3.28. The summed E-state index contributed by atoms with van der Waals surface area (Å²) in [5.74, 6) is 1.21. The monoisotopic (exact) mass is 338 g/mol. The van der Waals surface area contributed by atoms with Crippen molar-refractivity contribution < 1.29 is 18.7 Å². The summed E-state index contributed by atoms with van der Waals surface area (Å²) in [6.45, 7) is 0.600. The number of amides is 1. The van der Waals surface area contributed by atoms with Crippen molar-refractivity contribution in [3.63, 3.8) is 0 Å². The van der Waals surface area contributed by atoms with Crippen molar-refractivity contribution in [3.8, 4) is 11.6 Å². The van der Waals surface area contributed by atoms with Crippen molar-refractivity contribution in [2.45, 2.75) is 13.2 Å². The van der Waals surface area contributed by atoms with Crippen LogP contribution in [0.4, 0.5) is 0 Å². The lowest BCUT2D eigenvalue weighted by Gasteiger charge is -2.07. The van der Waals surface area contributed by atoms with E-state index in [0.717, 1.165) is 11.3 Å². The average molecular weight is 338 g/mol. The molecule has 0 aliphatic carbocycles. The van der Waals surface area contributed by atoms with E-state index in [9.17, 15) is 4.79 Å². The predicted molar refractivity (Wildman–Crippen MR) is 91.4 cm³/mol. The zero-order valence-electron chi connectivity index (χ0n) is 13.8. The second-order valence-electron chi connectivity index (χ2n) is 5.27. The third-order valence-corrected chi connectivity index (χ3v) is 3.55. The smallest absolute Gasteiger partial charge is 0.287 e. The number of carbonyl (C=O) groups is 1. The average Bonchev–Trinajstić information content (AvgIpc) is 3.14. The Balaban J connectivity index is 1.58. The van der Waals surface area contributed by atoms with Crippen LogP contribution in [0, 0.1) is 0 Å². The second-order valence-corrected chi connectivity index (χ2v) is 5.27. The number of pyridine rings is 1. The third-order valence-electron chi connectivity index (χ3n) is 3.55. The van der Waals surface area contributed by atoms with Crippen LogP contribution in [0.1, 0.15) is 21.7 Å². The van der Waals surface area contributed by atoms with Crippen LogP contribution in [0.5, 0.6) is 11.6 Å². The number of nitrogens with zero attached hydrogens (tertiary/aromatic N) is 1. The molecule has 1 N–H and O–H groups in total. The lowest BCUT2D eigenvalue weighted by atomic mass is 10.2. The number of aromatic nitrogens is 1. The van der Waals surface area contributed by atoms with Gasteiger partial charge in [-0.15, -0.1) is 0 Å². The SMILES string of the molecule is COc1ccc(CNC(=O)c2occc2COc2ccccc2)cn1. The van der Waals surface area contributed by atoms with E-state index in [4.69, 9.17) is 13.9 Å². The fourth-order valence-electron chi connectivity index (χ4n) is 2.23. The van der Waals surface area contributed by atoms with Gasteiger partial charge in [0, 0.05) is 24.4 Å². The molecular formula is C19H18N2O4. The van der Waals surface area contributed by atoms with Gasteiger partial charge in [-0.05, 0) is 23.8 Å². The Bertz CT molecular complexity index is 813. The van der Waals surface area contributed by atoms with Gasteiger partial charge in [-0.2, -0.15) is 0 Å².